The van der Waals surface area contributed by atoms with Crippen molar-refractivity contribution in [3.05, 3.63) is 0 Å². The number of ether oxygens (including phenoxy) is 1. The number of guanidine groups is 1. The van der Waals surface area contributed by atoms with E-state index in [0.29, 0.717) is 12.1 Å². The van der Waals surface area contributed by atoms with E-state index in [0.717, 1.165) is 57.5 Å². The van der Waals surface area contributed by atoms with Crippen molar-refractivity contribution in [2.24, 2.45) is 10.9 Å². The minimum Gasteiger partial charge on any atom is -0.378 e. The van der Waals surface area contributed by atoms with E-state index in [4.69, 9.17) is 9.73 Å². The molecular weight excluding hydrogens is 505 g/mol. The first-order chi connectivity index (χ1) is 14.6. The second kappa shape index (κ2) is 13.8. The van der Waals surface area contributed by atoms with Gasteiger partial charge in [-0.05, 0) is 57.5 Å². The van der Waals surface area contributed by atoms with Crippen molar-refractivity contribution in [2.75, 3.05) is 60.0 Å². The van der Waals surface area contributed by atoms with Crippen LogP contribution in [0.4, 0.5) is 0 Å². The first-order valence-electron chi connectivity index (χ1n) is 12.2. The number of amides is 1. The van der Waals surface area contributed by atoms with Crippen LogP contribution in [-0.4, -0.2) is 98.7 Å². The molecule has 1 saturated carbocycles. The van der Waals surface area contributed by atoms with Crippen molar-refractivity contribution >= 4 is 35.8 Å². The molecule has 8 heteroatoms. The van der Waals surface area contributed by atoms with E-state index in [9.17, 15) is 4.79 Å². The number of nitrogens with one attached hydrogen (secondary N) is 1. The summed E-state index contributed by atoms with van der Waals surface area (Å²) in [5.41, 5.74) is 0. The fourth-order valence-electron chi connectivity index (χ4n) is 4.99. The number of carbonyl (C=O) groups is 1. The normalized spacial score (nSPS) is 23.8. The van der Waals surface area contributed by atoms with Crippen LogP contribution in [-0.2, 0) is 9.53 Å². The summed E-state index contributed by atoms with van der Waals surface area (Å²) in [6, 6.07) is 0.567. The summed E-state index contributed by atoms with van der Waals surface area (Å²) in [6.45, 7) is 8.46. The highest BCUT2D eigenvalue weighted by molar-refractivity contribution is 14.0. The van der Waals surface area contributed by atoms with E-state index >= 15 is 0 Å². The van der Waals surface area contributed by atoms with Gasteiger partial charge in [0.15, 0.2) is 5.96 Å². The summed E-state index contributed by atoms with van der Waals surface area (Å²) >= 11 is 0. The first-order valence-corrected chi connectivity index (χ1v) is 12.2. The number of likely N-dealkylation sites (N-methyl/N-ethyl adjacent to an activating group) is 2. The number of aliphatic imine (C=N–C) groups is 1. The summed E-state index contributed by atoms with van der Waals surface area (Å²) in [4.78, 5) is 23.3. The third-order valence-electron chi connectivity index (χ3n) is 7.05. The zero-order valence-corrected chi connectivity index (χ0v) is 22.2. The largest absolute Gasteiger partial charge is 0.378 e. The molecule has 2 saturated heterocycles. The van der Waals surface area contributed by atoms with Crippen LogP contribution in [0, 0.1) is 5.92 Å². The number of carbonyl (C=O) groups excluding carboxylic acids is 1. The van der Waals surface area contributed by atoms with Crippen LogP contribution in [0.25, 0.3) is 0 Å². The van der Waals surface area contributed by atoms with E-state index in [1.54, 1.807) is 19.0 Å². The molecule has 1 N–H and O–H groups in total. The van der Waals surface area contributed by atoms with Crippen LogP contribution in [0.15, 0.2) is 4.99 Å². The number of halogens is 1. The lowest BCUT2D eigenvalue weighted by Gasteiger charge is -2.35. The van der Waals surface area contributed by atoms with Gasteiger partial charge in [-0.15, -0.1) is 24.0 Å². The maximum Gasteiger partial charge on any atom is 0.243 e. The highest BCUT2D eigenvalue weighted by Gasteiger charge is 2.26. The molecule has 2 aliphatic heterocycles. The molecule has 3 aliphatic rings. The number of nitrogens with zero attached hydrogens (tertiary/aromatic N) is 4. The Morgan fingerprint density at radius 1 is 1.06 bits per heavy atom. The fourth-order valence-corrected chi connectivity index (χ4v) is 4.99. The average Bonchev–Trinajstić information content (AvgIpc) is 3.44. The molecule has 2 heterocycles. The van der Waals surface area contributed by atoms with Crippen LogP contribution >= 0.6 is 24.0 Å². The van der Waals surface area contributed by atoms with Crippen LogP contribution in [0.5, 0.6) is 0 Å². The number of piperidine rings is 1. The van der Waals surface area contributed by atoms with Crippen molar-refractivity contribution in [1.82, 2.24) is 20.0 Å². The van der Waals surface area contributed by atoms with E-state index in [2.05, 4.69) is 22.0 Å². The minimum absolute atomic E-state index is 0. The Morgan fingerprint density at radius 3 is 2.42 bits per heavy atom. The summed E-state index contributed by atoms with van der Waals surface area (Å²) < 4.78 is 6.24. The standard InChI is InChI=1S/C23H43N5O2.HI/c1-4-27-13-7-10-20(27)16-24-23(25-17-22(29)26(2)3)28-14-11-21(12-15-28)30-18-19-8-5-6-9-19;/h19-21H,4-18H2,1-3H3,(H,24,25);1H. The van der Waals surface area contributed by atoms with E-state index in [-0.39, 0.29) is 36.4 Å². The summed E-state index contributed by atoms with van der Waals surface area (Å²) in [5.74, 6) is 1.72. The maximum absolute atomic E-state index is 12.1. The zero-order chi connectivity index (χ0) is 21.3. The molecule has 0 aromatic rings. The maximum atomic E-state index is 12.1. The van der Waals surface area contributed by atoms with Gasteiger partial charge in [-0.2, -0.15) is 0 Å². The zero-order valence-electron chi connectivity index (χ0n) is 19.9. The Hall–Kier alpha value is -0.610. The van der Waals surface area contributed by atoms with Gasteiger partial charge in [-0.25, -0.2) is 4.99 Å². The Labute approximate surface area is 206 Å². The SMILES string of the molecule is CCN1CCCC1CNC(=NCC(=O)N(C)C)N1CCC(OCC2CCCC2)CC1.I. The van der Waals surface area contributed by atoms with Crippen LogP contribution in [0.2, 0.25) is 0 Å². The number of hydrogen-bond acceptors (Lipinski definition) is 4. The van der Waals surface area contributed by atoms with Crippen molar-refractivity contribution in [3.63, 3.8) is 0 Å². The molecule has 0 radical (unpaired) electrons. The fraction of sp³-hybridized carbons (Fsp3) is 0.913. The second-order valence-corrected chi connectivity index (χ2v) is 9.40. The van der Waals surface area contributed by atoms with Crippen LogP contribution in [0.3, 0.4) is 0 Å². The van der Waals surface area contributed by atoms with Gasteiger partial charge in [0.2, 0.25) is 5.91 Å². The third kappa shape index (κ3) is 8.35. The molecular formula is C23H44IN5O2. The highest BCUT2D eigenvalue weighted by Crippen LogP contribution is 2.26. The van der Waals surface area contributed by atoms with Crippen molar-refractivity contribution < 1.29 is 9.53 Å². The molecule has 7 nitrogen and oxygen atoms in total. The predicted molar refractivity (Wildman–Crippen MR) is 137 cm³/mol. The van der Waals surface area contributed by atoms with Crippen LogP contribution in [0.1, 0.15) is 58.3 Å². The monoisotopic (exact) mass is 549 g/mol. The van der Waals surface area contributed by atoms with E-state index in [1.165, 1.54) is 45.1 Å². The van der Waals surface area contributed by atoms with E-state index in [1.807, 2.05) is 0 Å². The van der Waals surface area contributed by atoms with Gasteiger partial charge in [-0.1, -0.05) is 19.8 Å². The topological polar surface area (TPSA) is 60.4 Å². The Balaban J connectivity index is 0.00000341. The quantitative estimate of drug-likeness (QED) is 0.287. The van der Waals surface area contributed by atoms with E-state index < -0.39 is 0 Å². The Kier molecular flexibility index (Phi) is 11.9. The molecule has 31 heavy (non-hydrogen) atoms. The number of hydrogen-bond donors (Lipinski definition) is 1. The molecule has 1 aliphatic carbocycles. The molecule has 1 atom stereocenters. The number of rotatable bonds is 8. The molecule has 3 rings (SSSR count). The predicted octanol–water partition coefficient (Wildman–Crippen LogP) is 2.79. The summed E-state index contributed by atoms with van der Waals surface area (Å²) in [7, 11) is 3.57. The molecule has 0 bridgehead atoms. The second-order valence-electron chi connectivity index (χ2n) is 9.40. The third-order valence-corrected chi connectivity index (χ3v) is 7.05. The molecule has 0 aromatic carbocycles. The highest BCUT2D eigenvalue weighted by atomic mass is 127. The number of likely N-dealkylation sites (tertiary alicyclic amines) is 2. The minimum atomic E-state index is 0. The van der Waals surface area contributed by atoms with Gasteiger partial charge < -0.3 is 19.9 Å². The van der Waals surface area contributed by atoms with Crippen molar-refractivity contribution in [3.8, 4) is 0 Å². The molecule has 3 fully saturated rings. The Morgan fingerprint density at radius 2 is 1.77 bits per heavy atom. The molecule has 1 amide bonds. The average molecular weight is 550 g/mol. The lowest BCUT2D eigenvalue weighted by Crippen LogP contribution is -2.50. The lowest BCUT2D eigenvalue weighted by atomic mass is 10.1. The van der Waals surface area contributed by atoms with Gasteiger partial charge in [-0.3, -0.25) is 9.69 Å². The van der Waals surface area contributed by atoms with Gasteiger partial charge in [0, 0.05) is 46.4 Å². The van der Waals surface area contributed by atoms with Crippen molar-refractivity contribution in [2.45, 2.75) is 70.4 Å². The molecule has 0 aromatic heterocycles. The Bertz CT molecular complexity index is 560. The molecule has 180 valence electrons. The van der Waals surface area contributed by atoms with Crippen LogP contribution < -0.4 is 5.32 Å². The van der Waals surface area contributed by atoms with Gasteiger partial charge >= 0.3 is 0 Å². The first kappa shape index (κ1) is 26.6. The van der Waals surface area contributed by atoms with Gasteiger partial charge in [0.25, 0.3) is 0 Å². The summed E-state index contributed by atoms with van der Waals surface area (Å²) in [6.07, 6.45) is 10.4. The molecule has 0 spiro atoms. The van der Waals surface area contributed by atoms with Gasteiger partial charge in [0.05, 0.1) is 6.10 Å². The van der Waals surface area contributed by atoms with Gasteiger partial charge in [0.1, 0.15) is 6.54 Å². The summed E-state index contributed by atoms with van der Waals surface area (Å²) in [5, 5.41) is 3.60. The lowest BCUT2D eigenvalue weighted by molar-refractivity contribution is -0.127. The molecule has 1 unspecified atom stereocenters. The smallest absolute Gasteiger partial charge is 0.243 e. The van der Waals surface area contributed by atoms with Crippen molar-refractivity contribution in [1.29, 1.82) is 0 Å².